The van der Waals surface area contributed by atoms with E-state index < -0.39 is 17.3 Å². The number of hydrogen-bond acceptors (Lipinski definition) is 6. The fourth-order valence-corrected chi connectivity index (χ4v) is 3.86. The molecule has 6 nitrogen and oxygen atoms in total. The normalized spacial score (nSPS) is 19.2. The molecule has 0 radical (unpaired) electrons. The Kier molecular flexibility index (Phi) is 5.42. The van der Waals surface area contributed by atoms with Crippen molar-refractivity contribution in [1.29, 1.82) is 0 Å². The van der Waals surface area contributed by atoms with Gasteiger partial charge in [0.05, 0.1) is 11.9 Å². The van der Waals surface area contributed by atoms with Crippen molar-refractivity contribution in [3.63, 3.8) is 0 Å². The summed E-state index contributed by atoms with van der Waals surface area (Å²) in [6.07, 6.45) is 3.33. The predicted octanol–water partition coefficient (Wildman–Crippen LogP) is 3.87. The first kappa shape index (κ1) is 19.9. The Labute approximate surface area is 167 Å². The monoisotopic (exact) mass is 399 g/mol. The summed E-state index contributed by atoms with van der Waals surface area (Å²) in [4.78, 5) is 21.9. The van der Waals surface area contributed by atoms with Crippen LogP contribution in [0.1, 0.15) is 36.8 Å². The van der Waals surface area contributed by atoms with Gasteiger partial charge in [-0.1, -0.05) is 25.6 Å². The van der Waals surface area contributed by atoms with Crippen molar-refractivity contribution in [1.82, 2.24) is 4.98 Å². The van der Waals surface area contributed by atoms with Crippen LogP contribution in [-0.4, -0.2) is 16.1 Å². The molecule has 1 atom stereocenters. The van der Waals surface area contributed by atoms with Gasteiger partial charge in [-0.05, 0) is 54.2 Å². The molecule has 2 heterocycles. The van der Waals surface area contributed by atoms with Gasteiger partial charge in [0.25, 0.3) is 5.91 Å². The second kappa shape index (κ2) is 7.63. The average molecular weight is 399 g/mol. The molecule has 146 valence electrons. The lowest BCUT2D eigenvalue weighted by Crippen LogP contribution is -2.27. The molecule has 5 N–H and O–H groups in total. The van der Waals surface area contributed by atoms with Crippen LogP contribution in [0.25, 0.3) is 0 Å². The fourth-order valence-electron chi connectivity index (χ4n) is 2.86. The molecule has 2 aromatic rings. The highest BCUT2D eigenvalue weighted by atomic mass is 32.2. The molecule has 1 aromatic carbocycles. The van der Waals surface area contributed by atoms with Gasteiger partial charge in [-0.15, -0.1) is 0 Å². The van der Waals surface area contributed by atoms with E-state index in [0.29, 0.717) is 22.1 Å². The number of nitrogens with one attached hydrogen (secondary N) is 1. The van der Waals surface area contributed by atoms with Crippen LogP contribution in [0.15, 0.2) is 52.5 Å². The highest BCUT2D eigenvalue weighted by molar-refractivity contribution is 8.17. The maximum Gasteiger partial charge on any atom is 0.274 e. The number of anilines is 2. The van der Waals surface area contributed by atoms with Gasteiger partial charge in [-0.25, -0.2) is 14.4 Å². The topological polar surface area (TPSA) is 106 Å². The summed E-state index contributed by atoms with van der Waals surface area (Å²) in [6, 6.07) is 7.50. The van der Waals surface area contributed by atoms with Crippen LogP contribution in [0.3, 0.4) is 0 Å². The summed E-state index contributed by atoms with van der Waals surface area (Å²) < 4.78 is 14.7. The van der Waals surface area contributed by atoms with Gasteiger partial charge in [-0.3, -0.25) is 4.79 Å². The lowest BCUT2D eigenvalue weighted by molar-refractivity contribution is 0.102. The lowest BCUT2D eigenvalue weighted by atomic mass is 9.90. The average Bonchev–Trinajstić information content (AvgIpc) is 2.63. The third-order valence-electron chi connectivity index (χ3n) is 4.35. The second-order valence-electron chi connectivity index (χ2n) is 7.03. The number of nitrogens with zero attached hydrogens (tertiary/aromatic N) is 2. The Morgan fingerprint density at radius 1 is 1.25 bits per heavy atom. The van der Waals surface area contributed by atoms with Crippen LogP contribution in [0, 0.1) is 11.7 Å². The fraction of sp³-hybridized carbons (Fsp3) is 0.250. The SMILES string of the molecule is CC(C)C1=C[C@@](C)(c2cc(NC(=O)c3ccc(N)cn3)ccc2F)N=C(N)S1. The number of nitrogens with two attached hydrogens (primary N) is 2. The van der Waals surface area contributed by atoms with E-state index in [4.69, 9.17) is 11.5 Å². The van der Waals surface area contributed by atoms with Gasteiger partial charge in [0.1, 0.15) is 17.1 Å². The summed E-state index contributed by atoms with van der Waals surface area (Å²) >= 11 is 1.39. The molecule has 1 amide bonds. The van der Waals surface area contributed by atoms with Crippen molar-refractivity contribution in [2.24, 2.45) is 16.6 Å². The quantitative estimate of drug-likeness (QED) is 0.723. The van der Waals surface area contributed by atoms with Crippen molar-refractivity contribution in [2.75, 3.05) is 11.1 Å². The highest BCUT2D eigenvalue weighted by Crippen LogP contribution is 2.40. The molecule has 0 spiro atoms. The molecule has 0 fully saturated rings. The summed E-state index contributed by atoms with van der Waals surface area (Å²) in [5, 5.41) is 3.12. The van der Waals surface area contributed by atoms with E-state index in [0.717, 1.165) is 4.91 Å². The number of halogens is 1. The number of allylic oxidation sites excluding steroid dienone is 1. The van der Waals surface area contributed by atoms with Gasteiger partial charge < -0.3 is 16.8 Å². The Bertz CT molecular complexity index is 971. The largest absolute Gasteiger partial charge is 0.397 e. The number of rotatable bonds is 4. The van der Waals surface area contributed by atoms with Gasteiger partial charge in [0.2, 0.25) is 0 Å². The molecule has 0 aliphatic carbocycles. The van der Waals surface area contributed by atoms with Gasteiger partial charge in [0.15, 0.2) is 5.17 Å². The van der Waals surface area contributed by atoms with Crippen LogP contribution < -0.4 is 16.8 Å². The third-order valence-corrected chi connectivity index (χ3v) is 5.47. The zero-order chi connectivity index (χ0) is 20.5. The Hall–Kier alpha value is -2.87. The first-order valence-electron chi connectivity index (χ1n) is 8.77. The number of nitrogen functional groups attached to an aromatic ring is 1. The molecule has 28 heavy (non-hydrogen) atoms. The van der Waals surface area contributed by atoms with E-state index in [1.54, 1.807) is 19.1 Å². The second-order valence-corrected chi connectivity index (χ2v) is 8.12. The lowest BCUT2D eigenvalue weighted by Gasteiger charge is -2.29. The number of amides is 1. The van der Waals surface area contributed by atoms with E-state index in [9.17, 15) is 9.18 Å². The zero-order valence-electron chi connectivity index (χ0n) is 15.9. The minimum Gasteiger partial charge on any atom is -0.397 e. The van der Waals surface area contributed by atoms with Crippen LogP contribution in [0.4, 0.5) is 15.8 Å². The molecular weight excluding hydrogens is 377 g/mol. The van der Waals surface area contributed by atoms with Crippen molar-refractivity contribution >= 4 is 34.2 Å². The summed E-state index contributed by atoms with van der Waals surface area (Å²) in [6.45, 7) is 5.89. The molecule has 1 aliphatic rings. The molecular formula is C20H22FN5OS. The molecule has 3 rings (SSSR count). The number of benzene rings is 1. The number of carbonyl (C=O) groups is 1. The van der Waals surface area contributed by atoms with Crippen molar-refractivity contribution in [3.05, 3.63) is 64.6 Å². The van der Waals surface area contributed by atoms with Crippen LogP contribution >= 0.6 is 11.8 Å². The number of thioether (sulfide) groups is 1. The number of aromatic nitrogens is 1. The van der Waals surface area contributed by atoms with Gasteiger partial charge in [0, 0.05) is 11.3 Å². The van der Waals surface area contributed by atoms with Crippen LogP contribution in [0.2, 0.25) is 0 Å². The van der Waals surface area contributed by atoms with Crippen molar-refractivity contribution in [2.45, 2.75) is 26.3 Å². The Morgan fingerprint density at radius 3 is 2.64 bits per heavy atom. The molecule has 1 aliphatic heterocycles. The molecule has 0 saturated carbocycles. The maximum atomic E-state index is 14.7. The van der Waals surface area contributed by atoms with Gasteiger partial charge >= 0.3 is 0 Å². The first-order valence-corrected chi connectivity index (χ1v) is 9.58. The predicted molar refractivity (Wildman–Crippen MR) is 112 cm³/mol. The molecule has 0 saturated heterocycles. The minimum atomic E-state index is -0.959. The van der Waals surface area contributed by atoms with Crippen LogP contribution in [0.5, 0.6) is 0 Å². The number of hydrogen-bond donors (Lipinski definition) is 3. The van der Waals surface area contributed by atoms with E-state index >= 15 is 0 Å². The smallest absolute Gasteiger partial charge is 0.274 e. The molecule has 0 bridgehead atoms. The maximum absolute atomic E-state index is 14.7. The molecule has 8 heteroatoms. The number of aliphatic imine (C=N–C) groups is 1. The van der Waals surface area contributed by atoms with Crippen LogP contribution in [-0.2, 0) is 5.54 Å². The summed E-state index contributed by atoms with van der Waals surface area (Å²) in [7, 11) is 0. The minimum absolute atomic E-state index is 0.213. The molecule has 0 unspecified atom stereocenters. The summed E-state index contributed by atoms with van der Waals surface area (Å²) in [5.74, 6) is -0.599. The highest BCUT2D eigenvalue weighted by Gasteiger charge is 2.32. The van der Waals surface area contributed by atoms with Crippen molar-refractivity contribution in [3.8, 4) is 0 Å². The van der Waals surface area contributed by atoms with E-state index in [1.165, 1.54) is 36.2 Å². The Morgan fingerprint density at radius 2 is 2.00 bits per heavy atom. The van der Waals surface area contributed by atoms with E-state index in [2.05, 4.69) is 15.3 Å². The van der Waals surface area contributed by atoms with Gasteiger partial charge in [-0.2, -0.15) is 0 Å². The standard InChI is InChI=1S/C20H22FN5OS/c1-11(2)17-9-20(3,26-19(23)28-17)14-8-13(5-6-15(14)21)25-18(27)16-7-4-12(22)10-24-16/h4-11H,22H2,1-3H3,(H2,23,26)(H,25,27)/t20-/m0/s1. The Balaban J connectivity index is 1.94. The van der Waals surface area contributed by atoms with Crippen molar-refractivity contribution < 1.29 is 9.18 Å². The first-order chi connectivity index (χ1) is 13.2. The third kappa shape index (κ3) is 4.17. The summed E-state index contributed by atoms with van der Waals surface area (Å²) in [5.41, 5.74) is 12.1. The molecule has 1 aromatic heterocycles. The van der Waals surface area contributed by atoms with E-state index in [1.807, 2.05) is 19.9 Å². The number of pyridine rings is 1. The number of carbonyl (C=O) groups excluding carboxylic acids is 1. The van der Waals surface area contributed by atoms with E-state index in [-0.39, 0.29) is 11.6 Å². The number of amidine groups is 1. The zero-order valence-corrected chi connectivity index (χ0v) is 16.7.